The highest BCUT2D eigenvalue weighted by molar-refractivity contribution is 7.47. The van der Waals surface area contributed by atoms with Crippen molar-refractivity contribution in [1.82, 2.24) is 0 Å². The molecule has 0 heterocycles. The number of carbonyl (C=O) groups excluding carboxylic acids is 2. The molecule has 0 aromatic carbocycles. The maximum absolute atomic E-state index is 12.6. The zero-order chi connectivity index (χ0) is 44.8. The second kappa shape index (κ2) is 46.4. The van der Waals surface area contributed by atoms with Crippen molar-refractivity contribution in [2.75, 3.05) is 26.4 Å². The van der Waals surface area contributed by atoms with Crippen molar-refractivity contribution >= 4 is 19.8 Å². The van der Waals surface area contributed by atoms with Gasteiger partial charge in [-0.2, -0.15) is 0 Å². The van der Waals surface area contributed by atoms with Crippen LogP contribution in [0, 0.1) is 0 Å². The number of phosphoric ester groups is 1. The Hall–Kier alpha value is -1.55. The van der Waals surface area contributed by atoms with Crippen LogP contribution in [-0.2, 0) is 32.7 Å². The van der Waals surface area contributed by atoms with Gasteiger partial charge in [-0.05, 0) is 57.8 Å². The summed E-state index contributed by atoms with van der Waals surface area (Å²) in [6.45, 7) is 2.37. The standard InChI is InChI=1S/C50H95O10P/c1-3-5-7-9-11-13-15-17-19-20-21-22-23-24-25-26-28-30-32-34-36-38-40-42-50(54)60-48(46-59-61(55,56)58-44-47(52)43-51)45-57-49(53)41-39-37-35-33-31-29-27-18-16-14-12-10-8-6-4-2/h31,33-34,36,47-48,51-52H,3-30,32,35,37-46H2,1-2H3,(H,55,56)/b33-31+,36-34+/t47-,48+/m0/s1. The van der Waals surface area contributed by atoms with Crippen molar-refractivity contribution < 1.29 is 47.8 Å². The molecule has 0 saturated heterocycles. The van der Waals surface area contributed by atoms with E-state index >= 15 is 0 Å². The number of hydrogen-bond donors (Lipinski definition) is 3. The van der Waals surface area contributed by atoms with Crippen LogP contribution in [0.15, 0.2) is 24.3 Å². The van der Waals surface area contributed by atoms with E-state index in [0.717, 1.165) is 32.1 Å². The fraction of sp³-hybridized carbons (Fsp3) is 0.880. The van der Waals surface area contributed by atoms with Gasteiger partial charge in [0.15, 0.2) is 6.10 Å². The number of allylic oxidation sites excluding steroid dienone is 4. The molecular weight excluding hydrogens is 792 g/mol. The van der Waals surface area contributed by atoms with E-state index < -0.39 is 51.8 Å². The van der Waals surface area contributed by atoms with Gasteiger partial charge in [0.1, 0.15) is 12.7 Å². The van der Waals surface area contributed by atoms with E-state index in [1.165, 1.54) is 173 Å². The molecule has 61 heavy (non-hydrogen) atoms. The third-order valence-electron chi connectivity index (χ3n) is 11.1. The SMILES string of the molecule is CCCCCCCCCCC/C=C/CCCCC(=O)OC[C@H](COP(=O)(O)OC[C@@H](O)CO)OC(=O)CCC/C=C/CCCCCCCCCCCCCCCCCCCC. The maximum Gasteiger partial charge on any atom is 0.472 e. The topological polar surface area (TPSA) is 149 Å². The largest absolute Gasteiger partial charge is 0.472 e. The lowest BCUT2D eigenvalue weighted by Crippen LogP contribution is -2.29. The molecule has 0 aliphatic carbocycles. The van der Waals surface area contributed by atoms with Gasteiger partial charge >= 0.3 is 19.8 Å². The number of phosphoric acid groups is 1. The maximum atomic E-state index is 12.6. The molecule has 0 aliphatic heterocycles. The Balaban J connectivity index is 4.19. The molecule has 0 saturated carbocycles. The Labute approximate surface area is 374 Å². The second-order valence-electron chi connectivity index (χ2n) is 17.2. The summed E-state index contributed by atoms with van der Waals surface area (Å²) in [5.74, 6) is -0.977. The van der Waals surface area contributed by atoms with Crippen molar-refractivity contribution in [3.8, 4) is 0 Å². The van der Waals surface area contributed by atoms with Crippen molar-refractivity contribution in [3.63, 3.8) is 0 Å². The first-order chi connectivity index (χ1) is 29.7. The van der Waals surface area contributed by atoms with Gasteiger partial charge in [0.05, 0.1) is 19.8 Å². The monoisotopic (exact) mass is 887 g/mol. The van der Waals surface area contributed by atoms with Crippen LogP contribution in [0.25, 0.3) is 0 Å². The molecule has 0 rings (SSSR count). The Morgan fingerprint density at radius 2 is 0.820 bits per heavy atom. The van der Waals surface area contributed by atoms with E-state index in [4.69, 9.17) is 23.6 Å². The van der Waals surface area contributed by atoms with Gasteiger partial charge in [0.2, 0.25) is 0 Å². The third-order valence-corrected chi connectivity index (χ3v) is 12.0. The lowest BCUT2D eigenvalue weighted by molar-refractivity contribution is -0.161. The van der Waals surface area contributed by atoms with Gasteiger partial charge in [-0.25, -0.2) is 4.57 Å². The van der Waals surface area contributed by atoms with Crippen LogP contribution in [0.3, 0.4) is 0 Å². The molecule has 0 bridgehead atoms. The third kappa shape index (κ3) is 46.3. The fourth-order valence-corrected chi connectivity index (χ4v) is 7.96. The van der Waals surface area contributed by atoms with Gasteiger partial charge in [-0.3, -0.25) is 18.6 Å². The van der Waals surface area contributed by atoms with Gasteiger partial charge in [-0.15, -0.1) is 0 Å². The van der Waals surface area contributed by atoms with E-state index in [0.29, 0.717) is 12.8 Å². The van der Waals surface area contributed by atoms with E-state index in [-0.39, 0.29) is 19.4 Å². The molecule has 360 valence electrons. The highest BCUT2D eigenvalue weighted by Gasteiger charge is 2.27. The number of aliphatic hydroxyl groups is 2. The van der Waals surface area contributed by atoms with Gasteiger partial charge in [0, 0.05) is 12.8 Å². The molecule has 0 aromatic rings. The first kappa shape index (κ1) is 59.5. The second-order valence-corrected chi connectivity index (χ2v) is 18.6. The molecule has 1 unspecified atom stereocenters. The average molecular weight is 887 g/mol. The number of ether oxygens (including phenoxy) is 2. The Morgan fingerprint density at radius 1 is 0.475 bits per heavy atom. The van der Waals surface area contributed by atoms with Gasteiger partial charge < -0.3 is 24.6 Å². The smallest absolute Gasteiger partial charge is 0.462 e. The molecule has 0 aliphatic rings. The number of unbranched alkanes of at least 4 members (excludes halogenated alkanes) is 30. The Kier molecular flexibility index (Phi) is 45.3. The number of esters is 2. The summed E-state index contributed by atoms with van der Waals surface area (Å²) in [6, 6.07) is 0. The minimum absolute atomic E-state index is 0.136. The van der Waals surface area contributed by atoms with E-state index in [1.54, 1.807) is 0 Å². The van der Waals surface area contributed by atoms with Gasteiger partial charge in [-0.1, -0.05) is 199 Å². The molecule has 3 N–H and O–H groups in total. The molecule has 0 amide bonds. The Bertz CT molecular complexity index is 1070. The molecule has 0 fully saturated rings. The molecule has 0 spiro atoms. The zero-order valence-electron chi connectivity index (χ0n) is 39.4. The van der Waals surface area contributed by atoms with Crippen LogP contribution in [0.5, 0.6) is 0 Å². The van der Waals surface area contributed by atoms with Crippen molar-refractivity contribution in [3.05, 3.63) is 24.3 Å². The van der Waals surface area contributed by atoms with Crippen molar-refractivity contribution in [2.45, 2.75) is 257 Å². The summed E-state index contributed by atoms with van der Waals surface area (Å²) in [6.07, 6.45) is 48.8. The van der Waals surface area contributed by atoms with Crippen molar-refractivity contribution in [2.24, 2.45) is 0 Å². The minimum atomic E-state index is -4.63. The number of aliphatic hydroxyl groups excluding tert-OH is 2. The van der Waals surface area contributed by atoms with Crippen LogP contribution in [0.4, 0.5) is 0 Å². The Morgan fingerprint density at radius 3 is 1.23 bits per heavy atom. The van der Waals surface area contributed by atoms with Crippen LogP contribution in [-0.4, -0.2) is 65.7 Å². The summed E-state index contributed by atoms with van der Waals surface area (Å²) in [4.78, 5) is 35.1. The molecular formula is C50H95O10P. The van der Waals surface area contributed by atoms with Crippen LogP contribution in [0.2, 0.25) is 0 Å². The van der Waals surface area contributed by atoms with Crippen LogP contribution < -0.4 is 0 Å². The van der Waals surface area contributed by atoms with E-state index in [1.807, 2.05) is 0 Å². The minimum Gasteiger partial charge on any atom is -0.462 e. The summed E-state index contributed by atoms with van der Waals surface area (Å²) >= 11 is 0. The first-order valence-electron chi connectivity index (χ1n) is 25.3. The molecule has 10 nitrogen and oxygen atoms in total. The first-order valence-corrected chi connectivity index (χ1v) is 26.8. The number of carbonyl (C=O) groups is 2. The average Bonchev–Trinajstić information content (AvgIpc) is 3.25. The quantitative estimate of drug-likeness (QED) is 0.0233. The highest BCUT2D eigenvalue weighted by Crippen LogP contribution is 2.43. The number of rotatable bonds is 48. The van der Waals surface area contributed by atoms with Crippen LogP contribution in [0.1, 0.15) is 245 Å². The molecule has 3 atom stereocenters. The fourth-order valence-electron chi connectivity index (χ4n) is 7.17. The number of hydrogen-bond acceptors (Lipinski definition) is 9. The summed E-state index contributed by atoms with van der Waals surface area (Å²) in [5.41, 5.74) is 0. The molecule has 0 radical (unpaired) electrons. The lowest BCUT2D eigenvalue weighted by atomic mass is 10.0. The molecule has 11 heteroatoms. The van der Waals surface area contributed by atoms with Crippen LogP contribution >= 0.6 is 7.82 Å². The predicted molar refractivity (Wildman–Crippen MR) is 252 cm³/mol. The van der Waals surface area contributed by atoms with Crippen molar-refractivity contribution in [1.29, 1.82) is 0 Å². The molecule has 0 aromatic heterocycles. The predicted octanol–water partition coefficient (Wildman–Crippen LogP) is 14.1. The van der Waals surface area contributed by atoms with E-state index in [2.05, 4.69) is 38.2 Å². The summed E-state index contributed by atoms with van der Waals surface area (Å²) in [7, 11) is -4.63. The van der Waals surface area contributed by atoms with E-state index in [9.17, 15) is 24.2 Å². The summed E-state index contributed by atoms with van der Waals surface area (Å²) in [5, 5.41) is 18.4. The zero-order valence-corrected chi connectivity index (χ0v) is 40.3. The normalized spacial score (nSPS) is 13.9. The van der Waals surface area contributed by atoms with Gasteiger partial charge in [0.25, 0.3) is 0 Å². The summed E-state index contributed by atoms with van der Waals surface area (Å²) < 4.78 is 32.8. The lowest BCUT2D eigenvalue weighted by Gasteiger charge is -2.20. The highest BCUT2D eigenvalue weighted by atomic mass is 31.2.